The normalized spacial score (nSPS) is 17.7. The van der Waals surface area contributed by atoms with Crippen molar-refractivity contribution in [3.05, 3.63) is 70.2 Å². The van der Waals surface area contributed by atoms with Crippen LogP contribution in [0.3, 0.4) is 0 Å². The van der Waals surface area contributed by atoms with Gasteiger partial charge in [-0.15, -0.1) is 11.3 Å². The molecule has 3 aromatic rings. The Balaban J connectivity index is 1.65. The molecule has 2 aromatic heterocycles. The van der Waals surface area contributed by atoms with Crippen molar-refractivity contribution in [2.75, 3.05) is 6.61 Å². The van der Waals surface area contributed by atoms with E-state index in [2.05, 4.69) is 10.3 Å². The van der Waals surface area contributed by atoms with E-state index in [-0.39, 0.29) is 11.9 Å². The van der Waals surface area contributed by atoms with Gasteiger partial charge in [-0.3, -0.25) is 9.78 Å². The van der Waals surface area contributed by atoms with Crippen molar-refractivity contribution in [1.29, 1.82) is 0 Å². The Bertz CT molecular complexity index is 1100. The number of carbonyl (C=O) groups is 1. The number of para-hydroxylation sites is 1. The minimum absolute atomic E-state index is 0.0844. The average molecular weight is 409 g/mol. The van der Waals surface area contributed by atoms with Crippen LogP contribution in [0.4, 0.5) is 0 Å². The summed E-state index contributed by atoms with van der Waals surface area (Å²) < 4.78 is 6.51. The molecule has 2 N–H and O–H groups in total. The molecule has 3 heterocycles. The molecule has 0 bridgehead atoms. The molecule has 1 aliphatic rings. The largest absolute Gasteiger partial charge is 0.493 e. The van der Waals surface area contributed by atoms with E-state index in [1.54, 1.807) is 19.2 Å². The number of rotatable bonds is 4. The monoisotopic (exact) mass is 408 g/mol. The molecule has 6 heteroatoms. The average Bonchev–Trinajstić information content (AvgIpc) is 3.11. The molecule has 0 aliphatic carbocycles. The Morgan fingerprint density at radius 1 is 1.34 bits per heavy atom. The van der Waals surface area contributed by atoms with Gasteiger partial charge in [-0.25, -0.2) is 0 Å². The topological polar surface area (TPSA) is 71.5 Å². The van der Waals surface area contributed by atoms with Crippen LogP contribution >= 0.6 is 11.3 Å². The molecule has 1 aromatic carbocycles. The first-order chi connectivity index (χ1) is 13.8. The van der Waals surface area contributed by atoms with Crippen molar-refractivity contribution >= 4 is 27.5 Å². The number of nitrogens with one attached hydrogen (secondary N) is 1. The van der Waals surface area contributed by atoms with Crippen LogP contribution in [-0.2, 0) is 5.60 Å². The van der Waals surface area contributed by atoms with Crippen molar-refractivity contribution in [2.45, 2.75) is 38.8 Å². The van der Waals surface area contributed by atoms with Gasteiger partial charge < -0.3 is 15.2 Å². The van der Waals surface area contributed by atoms with Gasteiger partial charge in [-0.2, -0.15) is 0 Å². The maximum Gasteiger partial charge on any atom is 0.261 e. The first-order valence-corrected chi connectivity index (χ1v) is 10.5. The lowest BCUT2D eigenvalue weighted by atomic mass is 9.94. The second-order valence-electron chi connectivity index (χ2n) is 7.75. The van der Waals surface area contributed by atoms with Gasteiger partial charge in [-0.1, -0.05) is 29.8 Å². The van der Waals surface area contributed by atoms with E-state index in [9.17, 15) is 9.90 Å². The zero-order valence-corrected chi connectivity index (χ0v) is 17.5. The third-order valence-corrected chi connectivity index (χ3v) is 6.17. The summed E-state index contributed by atoms with van der Waals surface area (Å²) in [4.78, 5) is 18.0. The van der Waals surface area contributed by atoms with Gasteiger partial charge in [0.05, 0.1) is 27.7 Å². The predicted octanol–water partition coefficient (Wildman–Crippen LogP) is 4.72. The van der Waals surface area contributed by atoms with E-state index < -0.39 is 5.60 Å². The van der Waals surface area contributed by atoms with Gasteiger partial charge in [-0.05, 0) is 39.0 Å². The van der Waals surface area contributed by atoms with Crippen LogP contribution in [-0.4, -0.2) is 22.6 Å². The highest BCUT2D eigenvalue weighted by Gasteiger charge is 2.27. The Morgan fingerprint density at radius 2 is 2.14 bits per heavy atom. The third-order valence-electron chi connectivity index (χ3n) is 5.01. The number of carbonyl (C=O) groups excluding carboxylic acids is 1. The van der Waals surface area contributed by atoms with Crippen molar-refractivity contribution in [3.63, 3.8) is 0 Å². The number of thiophene rings is 1. The Labute approximate surface area is 174 Å². The standard InChI is InChI=1S/C23H24N2O3S/c1-14(2)13-23(3,27)16-8-10-24-18-12-20(29-21(16)18)22(26)25-17-9-11-28-19-7-5-4-6-15(17)19/h4-8,10,12-13,17,27H,9,11H2,1-3H3,(H,25,26)/t17-,23?/m0/s1. The fourth-order valence-corrected chi connectivity index (χ4v) is 4.95. The highest BCUT2D eigenvalue weighted by molar-refractivity contribution is 7.21. The van der Waals surface area contributed by atoms with Gasteiger partial charge in [0.2, 0.25) is 0 Å². The number of aliphatic hydroxyl groups is 1. The number of pyridine rings is 1. The first kappa shape index (κ1) is 19.6. The van der Waals surface area contributed by atoms with Crippen LogP contribution in [0.1, 0.15) is 54.0 Å². The highest BCUT2D eigenvalue weighted by Crippen LogP contribution is 2.36. The molecular formula is C23H24N2O3S. The number of hydrogen-bond acceptors (Lipinski definition) is 5. The number of ether oxygens (including phenoxy) is 1. The van der Waals surface area contributed by atoms with Crippen molar-refractivity contribution in [2.24, 2.45) is 0 Å². The van der Waals surface area contributed by atoms with Gasteiger partial charge in [0, 0.05) is 23.7 Å². The van der Waals surface area contributed by atoms with Crippen molar-refractivity contribution in [3.8, 4) is 5.75 Å². The number of fused-ring (bicyclic) bond motifs is 2. The Hall–Kier alpha value is -2.70. The van der Waals surface area contributed by atoms with Gasteiger partial charge >= 0.3 is 0 Å². The van der Waals surface area contributed by atoms with Crippen LogP contribution in [0.5, 0.6) is 5.75 Å². The molecule has 1 amide bonds. The molecule has 1 unspecified atom stereocenters. The number of nitrogens with zero attached hydrogens (tertiary/aromatic N) is 1. The summed E-state index contributed by atoms with van der Waals surface area (Å²) in [6.45, 7) is 6.23. The van der Waals surface area contributed by atoms with E-state index in [0.29, 0.717) is 17.0 Å². The van der Waals surface area contributed by atoms with E-state index in [1.165, 1.54) is 11.3 Å². The summed E-state index contributed by atoms with van der Waals surface area (Å²) in [5.74, 6) is 0.685. The summed E-state index contributed by atoms with van der Waals surface area (Å²) in [6, 6.07) is 11.3. The molecular weight excluding hydrogens is 384 g/mol. The summed E-state index contributed by atoms with van der Waals surface area (Å²) in [5, 5.41) is 14.1. The number of hydrogen-bond donors (Lipinski definition) is 2. The van der Waals surface area contributed by atoms with Crippen LogP contribution in [0, 0.1) is 0 Å². The SMILES string of the molecule is CC(C)=CC(C)(O)c1ccnc2cc(C(=O)N[C@H]3CCOc4ccccc43)sc12. The molecule has 2 atom stereocenters. The highest BCUT2D eigenvalue weighted by atomic mass is 32.1. The van der Waals surface area contributed by atoms with Gasteiger partial charge in [0.15, 0.2) is 0 Å². The Kier molecular flexibility index (Phi) is 5.15. The number of allylic oxidation sites excluding steroid dienone is 1. The van der Waals surface area contributed by atoms with Crippen LogP contribution in [0.15, 0.2) is 54.2 Å². The number of benzene rings is 1. The summed E-state index contributed by atoms with van der Waals surface area (Å²) in [7, 11) is 0. The first-order valence-electron chi connectivity index (χ1n) is 9.65. The molecule has 0 saturated heterocycles. The smallest absolute Gasteiger partial charge is 0.261 e. The van der Waals surface area contributed by atoms with Gasteiger partial charge in [0.25, 0.3) is 5.91 Å². The van der Waals surface area contributed by atoms with Crippen molar-refractivity contribution in [1.82, 2.24) is 10.3 Å². The number of aromatic nitrogens is 1. The fourth-order valence-electron chi connectivity index (χ4n) is 3.81. The lowest BCUT2D eigenvalue weighted by Gasteiger charge is -2.26. The lowest BCUT2D eigenvalue weighted by molar-refractivity contribution is 0.0928. The van der Waals surface area contributed by atoms with Crippen LogP contribution in [0.25, 0.3) is 10.2 Å². The van der Waals surface area contributed by atoms with E-state index in [4.69, 9.17) is 4.74 Å². The third kappa shape index (κ3) is 3.91. The molecule has 0 saturated carbocycles. The van der Waals surface area contributed by atoms with Crippen LogP contribution in [0.2, 0.25) is 0 Å². The molecule has 0 radical (unpaired) electrons. The summed E-state index contributed by atoms with van der Waals surface area (Å²) >= 11 is 1.36. The van der Waals surface area contributed by atoms with Gasteiger partial charge in [0.1, 0.15) is 11.4 Å². The molecule has 0 spiro atoms. The predicted molar refractivity (Wildman–Crippen MR) is 115 cm³/mol. The van der Waals surface area contributed by atoms with E-state index in [0.717, 1.165) is 33.6 Å². The number of amides is 1. The molecule has 0 fully saturated rings. The minimum atomic E-state index is -1.13. The van der Waals surface area contributed by atoms with Crippen LogP contribution < -0.4 is 10.1 Å². The maximum absolute atomic E-state index is 13.0. The summed E-state index contributed by atoms with van der Waals surface area (Å²) in [6.07, 6.45) is 4.22. The molecule has 5 nitrogen and oxygen atoms in total. The molecule has 4 rings (SSSR count). The summed E-state index contributed by atoms with van der Waals surface area (Å²) in [5.41, 5.74) is 2.36. The second kappa shape index (κ2) is 7.61. The van der Waals surface area contributed by atoms with E-state index >= 15 is 0 Å². The Morgan fingerprint density at radius 3 is 2.93 bits per heavy atom. The fraction of sp³-hybridized carbons (Fsp3) is 0.304. The second-order valence-corrected chi connectivity index (χ2v) is 8.81. The van der Waals surface area contributed by atoms with E-state index in [1.807, 2.05) is 50.3 Å². The molecule has 150 valence electrons. The molecule has 29 heavy (non-hydrogen) atoms. The zero-order valence-electron chi connectivity index (χ0n) is 16.7. The quantitative estimate of drug-likeness (QED) is 0.613. The minimum Gasteiger partial charge on any atom is -0.493 e. The maximum atomic E-state index is 13.0. The van der Waals surface area contributed by atoms with Crippen molar-refractivity contribution < 1.29 is 14.6 Å². The lowest BCUT2D eigenvalue weighted by Crippen LogP contribution is -2.31. The molecule has 1 aliphatic heterocycles. The zero-order chi connectivity index (χ0) is 20.6.